The molecule has 0 N–H and O–H groups in total. The fraction of sp³-hybridized carbons (Fsp3) is 0.545. The SMILES string of the molecule is CCCC[c-]1cccc1CC.CCCC[c-]1cccc1CC.[Cl-].[Cl-].[Zr+4]. The fourth-order valence-corrected chi connectivity index (χ4v) is 2.90. The standard InChI is InChI=1S/2C11H17.2ClH.Zr/c2*1-3-5-7-11-9-6-8-10(11)4-2;;;/h2*6,8-9H,3-5,7H2,1-2H3;2*1H;/q2*-1;;;+4/p-2. The van der Waals surface area contributed by atoms with E-state index >= 15 is 0 Å². The summed E-state index contributed by atoms with van der Waals surface area (Å²) < 4.78 is 0. The summed E-state index contributed by atoms with van der Waals surface area (Å²) in [5.74, 6) is 0. The zero-order valence-electron chi connectivity index (χ0n) is 16.4. The third-order valence-corrected chi connectivity index (χ3v) is 4.38. The normalized spacial score (nSPS) is 9.12. The molecule has 0 aliphatic carbocycles. The number of hydrogen-bond acceptors (Lipinski definition) is 0. The molecular formula is C22H34Cl2Zr. The molecule has 0 radical (unpaired) electrons. The molecule has 0 heterocycles. The van der Waals surface area contributed by atoms with Crippen LogP contribution in [0.5, 0.6) is 0 Å². The van der Waals surface area contributed by atoms with E-state index in [-0.39, 0.29) is 51.0 Å². The maximum absolute atomic E-state index is 2.26. The first-order chi connectivity index (χ1) is 10.8. The second-order valence-corrected chi connectivity index (χ2v) is 6.07. The van der Waals surface area contributed by atoms with Gasteiger partial charge in [0.05, 0.1) is 0 Å². The molecule has 0 amide bonds. The van der Waals surface area contributed by atoms with Crippen LogP contribution >= 0.6 is 0 Å². The largest absolute Gasteiger partial charge is 4.00 e. The summed E-state index contributed by atoms with van der Waals surface area (Å²) in [6.45, 7) is 8.94. The number of hydrogen-bond donors (Lipinski definition) is 0. The van der Waals surface area contributed by atoms with Crippen molar-refractivity contribution in [3.05, 3.63) is 58.7 Å². The minimum Gasteiger partial charge on any atom is -1.00 e. The van der Waals surface area contributed by atoms with Gasteiger partial charge < -0.3 is 24.8 Å². The van der Waals surface area contributed by atoms with E-state index in [9.17, 15) is 0 Å². The summed E-state index contributed by atoms with van der Waals surface area (Å²) in [5.41, 5.74) is 6.21. The molecule has 0 saturated heterocycles. The third kappa shape index (κ3) is 11.5. The van der Waals surface area contributed by atoms with Crippen molar-refractivity contribution < 1.29 is 51.0 Å². The monoisotopic (exact) mass is 458 g/mol. The summed E-state index contributed by atoms with van der Waals surface area (Å²) in [5, 5.41) is 0. The van der Waals surface area contributed by atoms with Crippen molar-refractivity contribution in [3.63, 3.8) is 0 Å². The van der Waals surface area contributed by atoms with Crippen molar-refractivity contribution in [2.75, 3.05) is 0 Å². The van der Waals surface area contributed by atoms with Crippen LogP contribution in [-0.4, -0.2) is 0 Å². The molecule has 0 bridgehead atoms. The molecule has 2 aromatic rings. The maximum atomic E-state index is 2.26. The van der Waals surface area contributed by atoms with Gasteiger partial charge in [0, 0.05) is 0 Å². The summed E-state index contributed by atoms with van der Waals surface area (Å²) in [6, 6.07) is 13.3. The van der Waals surface area contributed by atoms with Gasteiger partial charge in [0.2, 0.25) is 0 Å². The Morgan fingerprint density at radius 2 is 1.04 bits per heavy atom. The molecule has 0 nitrogen and oxygen atoms in total. The Bertz CT molecular complexity index is 453. The minimum atomic E-state index is 0. The van der Waals surface area contributed by atoms with E-state index in [0.717, 1.165) is 0 Å². The molecular weight excluding hydrogens is 426 g/mol. The van der Waals surface area contributed by atoms with Gasteiger partial charge in [-0.3, -0.25) is 0 Å². The Kier molecular flexibility index (Phi) is 22.7. The van der Waals surface area contributed by atoms with E-state index in [1.807, 2.05) is 0 Å². The van der Waals surface area contributed by atoms with Crippen molar-refractivity contribution in [1.29, 1.82) is 0 Å². The Labute approximate surface area is 187 Å². The number of halogens is 2. The topological polar surface area (TPSA) is 0 Å². The van der Waals surface area contributed by atoms with Crippen LogP contribution in [0.25, 0.3) is 0 Å². The Morgan fingerprint density at radius 1 is 0.680 bits per heavy atom. The van der Waals surface area contributed by atoms with Crippen LogP contribution in [0.2, 0.25) is 0 Å². The summed E-state index contributed by atoms with van der Waals surface area (Å²) in [4.78, 5) is 0. The number of rotatable bonds is 8. The molecule has 0 atom stereocenters. The van der Waals surface area contributed by atoms with Crippen LogP contribution in [0.1, 0.15) is 75.6 Å². The van der Waals surface area contributed by atoms with Crippen LogP contribution in [0.3, 0.4) is 0 Å². The van der Waals surface area contributed by atoms with Crippen molar-refractivity contribution in [1.82, 2.24) is 0 Å². The molecule has 0 aliphatic heterocycles. The summed E-state index contributed by atoms with van der Waals surface area (Å²) in [7, 11) is 0. The van der Waals surface area contributed by atoms with Gasteiger partial charge in [-0.25, -0.2) is 24.3 Å². The number of unbranched alkanes of at least 4 members (excludes halogenated alkanes) is 2. The van der Waals surface area contributed by atoms with Crippen LogP contribution in [-0.2, 0) is 51.9 Å². The van der Waals surface area contributed by atoms with Crippen LogP contribution in [0.4, 0.5) is 0 Å². The van der Waals surface area contributed by atoms with E-state index in [1.165, 1.54) is 51.4 Å². The zero-order chi connectivity index (χ0) is 16.2. The fourth-order valence-electron chi connectivity index (χ4n) is 2.90. The first-order valence-corrected chi connectivity index (χ1v) is 9.23. The van der Waals surface area contributed by atoms with E-state index in [1.54, 1.807) is 22.3 Å². The molecule has 2 rings (SSSR count). The number of aryl methyl sites for hydroxylation is 4. The zero-order valence-corrected chi connectivity index (χ0v) is 20.3. The van der Waals surface area contributed by atoms with Gasteiger partial charge >= 0.3 is 26.2 Å². The molecule has 25 heavy (non-hydrogen) atoms. The molecule has 0 fully saturated rings. The van der Waals surface area contributed by atoms with Crippen molar-refractivity contribution in [2.45, 2.75) is 79.1 Å². The quantitative estimate of drug-likeness (QED) is 0.507. The Balaban J connectivity index is -0.000000346. The third-order valence-electron chi connectivity index (χ3n) is 4.38. The van der Waals surface area contributed by atoms with Crippen molar-refractivity contribution in [2.24, 2.45) is 0 Å². The van der Waals surface area contributed by atoms with E-state index in [4.69, 9.17) is 0 Å². The average Bonchev–Trinajstić information content (AvgIpc) is 3.19. The second-order valence-electron chi connectivity index (χ2n) is 6.07. The predicted octanol–water partition coefficient (Wildman–Crippen LogP) is 0.627. The molecule has 140 valence electrons. The molecule has 2 aromatic carbocycles. The van der Waals surface area contributed by atoms with Crippen LogP contribution in [0.15, 0.2) is 36.4 Å². The van der Waals surface area contributed by atoms with Gasteiger partial charge in [0.1, 0.15) is 0 Å². The minimum absolute atomic E-state index is 0. The Hall–Kier alpha value is 0.163. The second kappa shape index (κ2) is 18.9. The van der Waals surface area contributed by atoms with Gasteiger partial charge in [-0.15, -0.1) is 0 Å². The van der Waals surface area contributed by atoms with Gasteiger partial charge in [-0.2, -0.15) is 34.4 Å². The summed E-state index contributed by atoms with van der Waals surface area (Å²) >= 11 is 0. The smallest absolute Gasteiger partial charge is 1.00 e. The van der Waals surface area contributed by atoms with Gasteiger partial charge in [-0.05, 0) is 0 Å². The van der Waals surface area contributed by atoms with Gasteiger partial charge in [-0.1, -0.05) is 79.1 Å². The van der Waals surface area contributed by atoms with E-state index < -0.39 is 0 Å². The van der Waals surface area contributed by atoms with Gasteiger partial charge in [0.15, 0.2) is 0 Å². The first kappa shape index (κ1) is 29.9. The first-order valence-electron chi connectivity index (χ1n) is 9.23. The van der Waals surface area contributed by atoms with Crippen LogP contribution < -0.4 is 24.8 Å². The molecule has 3 heteroatoms. The molecule has 0 aliphatic rings. The van der Waals surface area contributed by atoms with E-state index in [2.05, 4.69) is 64.1 Å². The Morgan fingerprint density at radius 3 is 1.32 bits per heavy atom. The molecule has 0 unspecified atom stereocenters. The van der Waals surface area contributed by atoms with E-state index in [0.29, 0.717) is 0 Å². The summed E-state index contributed by atoms with van der Waals surface area (Å²) in [6.07, 6.45) is 10.2. The maximum Gasteiger partial charge on any atom is 4.00 e. The van der Waals surface area contributed by atoms with Crippen molar-refractivity contribution in [3.8, 4) is 0 Å². The van der Waals surface area contributed by atoms with Gasteiger partial charge in [0.25, 0.3) is 0 Å². The predicted molar refractivity (Wildman–Crippen MR) is 100 cm³/mol. The van der Waals surface area contributed by atoms with Crippen molar-refractivity contribution >= 4 is 0 Å². The van der Waals surface area contributed by atoms with Crippen LogP contribution in [0, 0.1) is 0 Å². The molecule has 0 spiro atoms. The molecule has 0 saturated carbocycles. The molecule has 0 aromatic heterocycles. The average molecular weight is 461 g/mol.